The van der Waals surface area contributed by atoms with Crippen molar-refractivity contribution in [3.8, 4) is 11.5 Å². The molecule has 3 aromatic rings. The number of hydrogen-bond acceptors (Lipinski definition) is 6. The van der Waals surface area contributed by atoms with E-state index in [4.69, 9.17) is 0 Å². The van der Waals surface area contributed by atoms with Gasteiger partial charge in [-0.05, 0) is 18.1 Å². The molecular weight excluding hydrogens is 385 g/mol. The molecule has 1 aliphatic rings. The number of rotatable bonds is 5. The van der Waals surface area contributed by atoms with Gasteiger partial charge in [0.15, 0.2) is 11.5 Å². The summed E-state index contributed by atoms with van der Waals surface area (Å²) < 4.78 is 17.0. The molecule has 0 atom stereocenters. The third-order valence-corrected chi connectivity index (χ3v) is 5.43. The van der Waals surface area contributed by atoms with Crippen LogP contribution in [0.15, 0.2) is 30.7 Å². The summed E-state index contributed by atoms with van der Waals surface area (Å²) in [6.07, 6.45) is 3.60. The first kappa shape index (κ1) is 20.3. The van der Waals surface area contributed by atoms with Crippen molar-refractivity contribution in [2.24, 2.45) is 13.0 Å². The lowest BCUT2D eigenvalue weighted by Gasteiger charge is -2.36. The van der Waals surface area contributed by atoms with E-state index in [1.54, 1.807) is 23.2 Å². The van der Waals surface area contributed by atoms with Gasteiger partial charge in [0.25, 0.3) is 5.91 Å². The molecule has 0 aliphatic carbocycles. The molecule has 1 saturated heterocycles. The summed E-state index contributed by atoms with van der Waals surface area (Å²) >= 11 is 0. The SMILES string of the molecule is CC(C)CN1CCC(F)(C(=O)Nc2cc3nc(-c4nncn4C)ccc3cn2)CC1. The van der Waals surface area contributed by atoms with E-state index in [0.717, 1.165) is 11.9 Å². The number of pyridine rings is 2. The molecule has 0 aromatic carbocycles. The Balaban J connectivity index is 1.49. The highest BCUT2D eigenvalue weighted by molar-refractivity contribution is 5.97. The largest absolute Gasteiger partial charge is 0.315 e. The Morgan fingerprint density at radius 1 is 1.30 bits per heavy atom. The molecule has 1 aliphatic heterocycles. The number of aryl methyl sites for hydroxylation is 1. The van der Waals surface area contributed by atoms with Crippen molar-refractivity contribution in [2.75, 3.05) is 25.0 Å². The predicted octanol–water partition coefficient (Wildman–Crippen LogP) is 2.82. The van der Waals surface area contributed by atoms with E-state index in [0.29, 0.717) is 36.0 Å². The fourth-order valence-electron chi connectivity index (χ4n) is 3.79. The highest BCUT2D eigenvalue weighted by atomic mass is 19.1. The average molecular weight is 411 g/mol. The van der Waals surface area contributed by atoms with Crippen LogP contribution in [-0.2, 0) is 11.8 Å². The molecule has 9 heteroatoms. The molecule has 4 rings (SSSR count). The molecule has 0 bridgehead atoms. The second-order valence-electron chi connectivity index (χ2n) is 8.34. The number of hydrogen-bond donors (Lipinski definition) is 1. The molecule has 158 valence electrons. The zero-order valence-corrected chi connectivity index (χ0v) is 17.5. The molecule has 1 fully saturated rings. The van der Waals surface area contributed by atoms with E-state index in [1.165, 1.54) is 0 Å². The van der Waals surface area contributed by atoms with Crippen LogP contribution < -0.4 is 5.32 Å². The second-order valence-corrected chi connectivity index (χ2v) is 8.34. The van der Waals surface area contributed by atoms with Crippen molar-refractivity contribution in [1.29, 1.82) is 0 Å². The van der Waals surface area contributed by atoms with E-state index in [-0.39, 0.29) is 18.7 Å². The number of nitrogens with one attached hydrogen (secondary N) is 1. The normalized spacial score (nSPS) is 16.8. The molecular formula is C21H26FN7O. The van der Waals surface area contributed by atoms with Crippen molar-refractivity contribution in [1.82, 2.24) is 29.6 Å². The Morgan fingerprint density at radius 2 is 2.07 bits per heavy atom. The monoisotopic (exact) mass is 411 g/mol. The van der Waals surface area contributed by atoms with Gasteiger partial charge in [0, 0.05) is 57.2 Å². The quantitative estimate of drug-likeness (QED) is 0.695. The first-order chi connectivity index (χ1) is 14.3. The number of amides is 1. The Hall–Kier alpha value is -2.94. The fraction of sp³-hybridized carbons (Fsp3) is 0.476. The summed E-state index contributed by atoms with van der Waals surface area (Å²) in [5, 5.41) is 11.4. The lowest BCUT2D eigenvalue weighted by atomic mass is 9.92. The highest BCUT2D eigenvalue weighted by Gasteiger charge is 2.41. The van der Waals surface area contributed by atoms with Gasteiger partial charge in [0.1, 0.15) is 17.8 Å². The Kier molecular flexibility index (Phi) is 5.46. The van der Waals surface area contributed by atoms with Gasteiger partial charge >= 0.3 is 0 Å². The Bertz CT molecular complexity index is 1060. The van der Waals surface area contributed by atoms with Crippen LogP contribution in [0, 0.1) is 5.92 Å². The molecule has 30 heavy (non-hydrogen) atoms. The number of anilines is 1. The van der Waals surface area contributed by atoms with Gasteiger partial charge in [-0.25, -0.2) is 14.4 Å². The van der Waals surface area contributed by atoms with Crippen molar-refractivity contribution in [3.63, 3.8) is 0 Å². The van der Waals surface area contributed by atoms with Gasteiger partial charge in [-0.2, -0.15) is 0 Å². The standard InChI is InChI=1S/C21H26FN7O/c1-14(2)12-29-8-6-21(22,7-9-29)20(30)26-18-10-17-15(11-23-18)4-5-16(25-17)19-27-24-13-28(19)3/h4-5,10-11,13-14H,6-9,12H2,1-3H3,(H,23,26,30). The van der Waals surface area contributed by atoms with Gasteiger partial charge in [0.05, 0.1) is 5.52 Å². The molecule has 0 unspecified atom stereocenters. The number of carbonyl (C=O) groups is 1. The van der Waals surface area contributed by atoms with Gasteiger partial charge in [-0.1, -0.05) is 13.8 Å². The first-order valence-corrected chi connectivity index (χ1v) is 10.2. The zero-order chi connectivity index (χ0) is 21.3. The topological polar surface area (TPSA) is 88.8 Å². The lowest BCUT2D eigenvalue weighted by molar-refractivity contribution is -0.130. The Labute approximate surface area is 174 Å². The predicted molar refractivity (Wildman–Crippen MR) is 113 cm³/mol. The third-order valence-electron chi connectivity index (χ3n) is 5.43. The molecule has 0 spiro atoms. The van der Waals surface area contributed by atoms with Crippen LogP contribution in [0.5, 0.6) is 0 Å². The van der Waals surface area contributed by atoms with Gasteiger partial charge in [0.2, 0.25) is 0 Å². The van der Waals surface area contributed by atoms with Crippen molar-refractivity contribution < 1.29 is 9.18 Å². The van der Waals surface area contributed by atoms with E-state index in [9.17, 15) is 4.79 Å². The summed E-state index contributed by atoms with van der Waals surface area (Å²) in [5.41, 5.74) is -0.580. The van der Waals surface area contributed by atoms with Gasteiger partial charge < -0.3 is 14.8 Å². The number of piperidine rings is 1. The number of nitrogens with zero attached hydrogens (tertiary/aromatic N) is 6. The minimum absolute atomic E-state index is 0.188. The minimum atomic E-state index is -1.88. The molecule has 1 amide bonds. The molecule has 8 nitrogen and oxygen atoms in total. The van der Waals surface area contributed by atoms with Crippen LogP contribution in [0.1, 0.15) is 26.7 Å². The van der Waals surface area contributed by atoms with Crippen molar-refractivity contribution in [2.45, 2.75) is 32.4 Å². The van der Waals surface area contributed by atoms with Crippen LogP contribution in [0.2, 0.25) is 0 Å². The molecule has 3 aromatic heterocycles. The van der Waals surface area contributed by atoms with Crippen molar-refractivity contribution in [3.05, 3.63) is 30.7 Å². The highest BCUT2D eigenvalue weighted by Crippen LogP contribution is 2.29. The maximum absolute atomic E-state index is 15.3. The maximum Gasteiger partial charge on any atom is 0.263 e. The molecule has 1 N–H and O–H groups in total. The van der Waals surface area contributed by atoms with E-state index in [1.807, 2.05) is 19.2 Å². The second kappa shape index (κ2) is 8.06. The fourth-order valence-corrected chi connectivity index (χ4v) is 3.79. The number of likely N-dealkylation sites (tertiary alicyclic amines) is 1. The lowest BCUT2D eigenvalue weighted by Crippen LogP contribution is -2.49. The Morgan fingerprint density at radius 3 is 2.73 bits per heavy atom. The average Bonchev–Trinajstić information content (AvgIpc) is 3.15. The smallest absolute Gasteiger partial charge is 0.263 e. The molecule has 0 saturated carbocycles. The third kappa shape index (κ3) is 4.16. The summed E-state index contributed by atoms with van der Waals surface area (Å²) in [6.45, 7) is 6.35. The van der Waals surface area contributed by atoms with Crippen LogP contribution >= 0.6 is 0 Å². The number of carbonyl (C=O) groups excluding carboxylic acids is 1. The summed E-state index contributed by atoms with van der Waals surface area (Å²) in [7, 11) is 1.84. The van der Waals surface area contributed by atoms with Crippen LogP contribution in [0.4, 0.5) is 10.2 Å². The van der Waals surface area contributed by atoms with Gasteiger partial charge in [-0.3, -0.25) is 4.79 Å². The summed E-state index contributed by atoms with van der Waals surface area (Å²) in [5.74, 6) is 0.807. The first-order valence-electron chi connectivity index (χ1n) is 10.2. The van der Waals surface area contributed by atoms with Crippen LogP contribution in [0.3, 0.4) is 0 Å². The van der Waals surface area contributed by atoms with Gasteiger partial charge in [-0.15, -0.1) is 10.2 Å². The maximum atomic E-state index is 15.3. The van der Waals surface area contributed by atoms with E-state index < -0.39 is 11.6 Å². The van der Waals surface area contributed by atoms with Crippen LogP contribution in [-0.4, -0.2) is 60.8 Å². The number of fused-ring (bicyclic) bond motifs is 1. The van der Waals surface area contributed by atoms with Crippen molar-refractivity contribution >= 4 is 22.6 Å². The molecule has 0 radical (unpaired) electrons. The van der Waals surface area contributed by atoms with E-state index >= 15 is 4.39 Å². The minimum Gasteiger partial charge on any atom is -0.315 e. The summed E-state index contributed by atoms with van der Waals surface area (Å²) in [4.78, 5) is 23.7. The number of alkyl halides is 1. The number of halogens is 1. The molecule has 4 heterocycles. The van der Waals surface area contributed by atoms with Crippen LogP contribution in [0.25, 0.3) is 22.4 Å². The zero-order valence-electron chi connectivity index (χ0n) is 17.5. The summed E-state index contributed by atoms with van der Waals surface area (Å²) in [6, 6.07) is 5.38. The number of aromatic nitrogens is 5. The van der Waals surface area contributed by atoms with E-state index in [2.05, 4.69) is 44.2 Å².